The van der Waals surface area contributed by atoms with Crippen LogP contribution in [0.15, 0.2) is 35.1 Å². The van der Waals surface area contributed by atoms with Crippen molar-refractivity contribution in [2.45, 2.75) is 50.7 Å². The van der Waals surface area contributed by atoms with Gasteiger partial charge in [0.05, 0.1) is 5.69 Å². The van der Waals surface area contributed by atoms with E-state index in [0.29, 0.717) is 18.0 Å². The van der Waals surface area contributed by atoms with E-state index in [4.69, 9.17) is 15.6 Å². The first-order valence-electron chi connectivity index (χ1n) is 11.3. The number of aromatic amines is 1. The van der Waals surface area contributed by atoms with Gasteiger partial charge in [0.15, 0.2) is 0 Å². The van der Waals surface area contributed by atoms with Gasteiger partial charge in [0.25, 0.3) is 5.56 Å². The number of carbonyl (C=O) groups is 2. The molecule has 1 aliphatic carbocycles. The Bertz CT molecular complexity index is 1140. The maximum Gasteiger partial charge on any atom is 0.490 e. The lowest BCUT2D eigenvalue weighted by molar-refractivity contribution is -0.192. The summed E-state index contributed by atoms with van der Waals surface area (Å²) < 4.78 is 31.7. The van der Waals surface area contributed by atoms with Crippen molar-refractivity contribution in [3.63, 3.8) is 0 Å². The van der Waals surface area contributed by atoms with Crippen molar-refractivity contribution in [2.75, 3.05) is 18.0 Å². The molecule has 1 saturated carbocycles. The summed E-state index contributed by atoms with van der Waals surface area (Å²) in [7, 11) is 0. The van der Waals surface area contributed by atoms with Gasteiger partial charge in [0.2, 0.25) is 0 Å². The summed E-state index contributed by atoms with van der Waals surface area (Å²) in [6.45, 7) is 3.97. The molecule has 1 saturated heterocycles. The molecule has 190 valence electrons. The minimum Gasteiger partial charge on any atom is -0.477 e. The Labute approximate surface area is 199 Å². The van der Waals surface area contributed by atoms with Crippen molar-refractivity contribution in [1.82, 2.24) is 4.98 Å². The number of alkyl halides is 3. The van der Waals surface area contributed by atoms with Gasteiger partial charge in [0.1, 0.15) is 5.56 Å². The Morgan fingerprint density at radius 2 is 1.80 bits per heavy atom. The lowest BCUT2D eigenvalue weighted by atomic mass is 9.68. The van der Waals surface area contributed by atoms with E-state index in [1.54, 1.807) is 0 Å². The van der Waals surface area contributed by atoms with Crippen LogP contribution < -0.4 is 16.2 Å². The van der Waals surface area contributed by atoms with Gasteiger partial charge in [-0.2, -0.15) is 13.2 Å². The van der Waals surface area contributed by atoms with E-state index < -0.39 is 23.7 Å². The van der Waals surface area contributed by atoms with Crippen molar-refractivity contribution in [2.24, 2.45) is 11.7 Å². The van der Waals surface area contributed by atoms with E-state index in [1.807, 2.05) is 19.1 Å². The number of aryl methyl sites for hydroxylation is 1. The number of aromatic nitrogens is 1. The van der Waals surface area contributed by atoms with E-state index in [9.17, 15) is 27.9 Å². The average Bonchev–Trinajstić information content (AvgIpc) is 3.27. The fraction of sp³-hybridized carbons (Fsp3) is 0.458. The number of nitrogens with zero attached hydrogens (tertiary/aromatic N) is 1. The largest absolute Gasteiger partial charge is 0.490 e. The van der Waals surface area contributed by atoms with Crippen LogP contribution in [-0.2, 0) is 11.2 Å². The van der Waals surface area contributed by atoms with Gasteiger partial charge in [-0.15, -0.1) is 0 Å². The van der Waals surface area contributed by atoms with Gasteiger partial charge < -0.3 is 25.8 Å². The fourth-order valence-corrected chi connectivity index (χ4v) is 4.56. The van der Waals surface area contributed by atoms with Crippen LogP contribution in [0, 0.1) is 5.92 Å². The summed E-state index contributed by atoms with van der Waals surface area (Å²) >= 11 is 0. The van der Waals surface area contributed by atoms with E-state index >= 15 is 0 Å². The molecule has 0 bridgehead atoms. The number of benzene rings is 1. The first kappa shape index (κ1) is 26.3. The highest BCUT2D eigenvalue weighted by Gasteiger charge is 2.43. The van der Waals surface area contributed by atoms with Crippen molar-refractivity contribution in [3.05, 3.63) is 51.8 Å². The molecule has 2 aromatic rings. The maximum absolute atomic E-state index is 12.1. The van der Waals surface area contributed by atoms with Crippen LogP contribution in [0.4, 0.5) is 18.9 Å². The quantitative estimate of drug-likeness (QED) is 0.497. The number of rotatable bonds is 5. The van der Waals surface area contributed by atoms with Gasteiger partial charge >= 0.3 is 18.1 Å². The molecule has 0 amide bonds. The minimum absolute atomic E-state index is 0.0378. The molecule has 1 atom stereocenters. The van der Waals surface area contributed by atoms with Crippen LogP contribution in [-0.4, -0.2) is 51.9 Å². The van der Waals surface area contributed by atoms with Crippen LogP contribution >= 0.6 is 0 Å². The molecule has 1 unspecified atom stereocenters. The molecule has 11 heteroatoms. The topological polar surface area (TPSA) is 137 Å². The summed E-state index contributed by atoms with van der Waals surface area (Å²) in [5, 5.41) is 16.3. The molecule has 2 heterocycles. The molecular formula is C24H28F3N3O5. The minimum atomic E-state index is -5.08. The third kappa shape index (κ3) is 5.84. The highest BCUT2D eigenvalue weighted by molar-refractivity contribution is 5.88. The second kappa shape index (κ2) is 10.1. The third-order valence-electron chi connectivity index (χ3n) is 6.78. The van der Waals surface area contributed by atoms with Gasteiger partial charge in [0, 0.05) is 24.3 Å². The van der Waals surface area contributed by atoms with E-state index in [1.165, 1.54) is 12.5 Å². The maximum atomic E-state index is 12.1. The average molecular weight is 495 g/mol. The van der Waals surface area contributed by atoms with Crippen molar-refractivity contribution in [1.29, 1.82) is 0 Å². The Morgan fingerprint density at radius 3 is 2.26 bits per heavy atom. The number of pyridine rings is 1. The zero-order valence-corrected chi connectivity index (χ0v) is 19.2. The molecule has 1 aromatic carbocycles. The summed E-state index contributed by atoms with van der Waals surface area (Å²) in [4.78, 5) is 37.4. The smallest absolute Gasteiger partial charge is 0.477 e. The van der Waals surface area contributed by atoms with Crippen LogP contribution in [0.3, 0.4) is 0 Å². The van der Waals surface area contributed by atoms with E-state index in [-0.39, 0.29) is 11.1 Å². The normalized spacial score (nSPS) is 18.9. The van der Waals surface area contributed by atoms with Crippen molar-refractivity contribution in [3.8, 4) is 11.3 Å². The van der Waals surface area contributed by atoms with Crippen LogP contribution in [0.1, 0.15) is 48.5 Å². The number of anilines is 1. The Kier molecular flexibility index (Phi) is 7.59. The van der Waals surface area contributed by atoms with Gasteiger partial charge in [-0.3, -0.25) is 4.79 Å². The lowest BCUT2D eigenvalue weighted by Crippen LogP contribution is -2.53. The molecule has 5 N–H and O–H groups in total. The SMILES string of the molecule is CCc1cc(C(=O)O)c(=O)[nH]c1-c1ccc(N2CCC(C3(N)CCC3)C2)cc1.O=C(O)C(F)(F)F. The summed E-state index contributed by atoms with van der Waals surface area (Å²) in [6, 6.07) is 9.62. The summed E-state index contributed by atoms with van der Waals surface area (Å²) in [5.41, 5.74) is 9.34. The molecule has 1 aromatic heterocycles. The van der Waals surface area contributed by atoms with Crippen molar-refractivity contribution < 1.29 is 33.0 Å². The second-order valence-corrected chi connectivity index (χ2v) is 8.94. The zero-order chi connectivity index (χ0) is 26.0. The first-order valence-corrected chi connectivity index (χ1v) is 11.3. The summed E-state index contributed by atoms with van der Waals surface area (Å²) in [5.74, 6) is -3.40. The molecule has 1 aliphatic heterocycles. The monoisotopic (exact) mass is 495 g/mol. The predicted octanol–water partition coefficient (Wildman–Crippen LogP) is 3.64. The number of carboxylic acids is 2. The molecular weight excluding hydrogens is 467 g/mol. The number of nitrogens with one attached hydrogen (secondary N) is 1. The molecule has 35 heavy (non-hydrogen) atoms. The second-order valence-electron chi connectivity index (χ2n) is 8.94. The number of halogens is 3. The number of carboxylic acid groups (broad SMARTS) is 2. The zero-order valence-electron chi connectivity index (χ0n) is 19.2. The van der Waals surface area contributed by atoms with E-state index in [2.05, 4.69) is 22.0 Å². The molecule has 8 nitrogen and oxygen atoms in total. The molecule has 0 spiro atoms. The fourth-order valence-electron chi connectivity index (χ4n) is 4.56. The lowest BCUT2D eigenvalue weighted by Gasteiger charge is -2.43. The number of nitrogens with two attached hydrogens (primary N) is 1. The number of H-pyrrole nitrogens is 1. The molecule has 0 radical (unpaired) electrons. The van der Waals surface area contributed by atoms with Crippen LogP contribution in [0.5, 0.6) is 0 Å². The number of hydrogen-bond donors (Lipinski definition) is 4. The van der Waals surface area contributed by atoms with Crippen LogP contribution in [0.25, 0.3) is 11.3 Å². The molecule has 2 fully saturated rings. The number of hydrogen-bond acceptors (Lipinski definition) is 5. The highest BCUT2D eigenvalue weighted by Crippen LogP contribution is 2.41. The molecule has 2 aliphatic rings. The number of aliphatic carboxylic acids is 1. The Balaban J connectivity index is 0.000000429. The number of aromatic carboxylic acids is 1. The Hall–Kier alpha value is -3.34. The summed E-state index contributed by atoms with van der Waals surface area (Å²) in [6.07, 6.45) is 0.233. The van der Waals surface area contributed by atoms with Gasteiger partial charge in [-0.05, 0) is 67.3 Å². The first-order chi connectivity index (χ1) is 16.4. The van der Waals surface area contributed by atoms with Crippen LogP contribution in [0.2, 0.25) is 0 Å². The standard InChI is InChI=1S/C22H27N3O3.C2HF3O2/c1-2-14-12-18(21(27)28)20(26)24-19(14)15-4-6-17(7-5-15)25-11-8-16(13-25)22(23)9-3-10-22;3-2(4,5)1(6)7/h4-7,12,16H,2-3,8-11,13,23H2,1H3,(H,24,26)(H,27,28);(H,6,7). The van der Waals surface area contributed by atoms with Gasteiger partial charge in [-0.1, -0.05) is 19.1 Å². The third-order valence-corrected chi connectivity index (χ3v) is 6.78. The van der Waals surface area contributed by atoms with E-state index in [0.717, 1.165) is 49.2 Å². The molecule has 4 rings (SSSR count). The van der Waals surface area contributed by atoms with Crippen molar-refractivity contribution >= 4 is 17.6 Å². The van der Waals surface area contributed by atoms with Gasteiger partial charge in [-0.25, -0.2) is 9.59 Å². The predicted molar refractivity (Wildman–Crippen MR) is 124 cm³/mol. The highest BCUT2D eigenvalue weighted by atomic mass is 19.4. The Morgan fingerprint density at radius 1 is 1.20 bits per heavy atom.